The number of ether oxygens (including phenoxy) is 1. The van der Waals surface area contributed by atoms with Gasteiger partial charge in [0.25, 0.3) is 5.95 Å². The van der Waals surface area contributed by atoms with Crippen LogP contribution in [0.2, 0.25) is 0 Å². The lowest BCUT2D eigenvalue weighted by Gasteiger charge is -2.12. The lowest BCUT2D eigenvalue weighted by molar-refractivity contribution is 0.0751. The molecule has 1 aliphatic rings. The molecule has 1 rings (SSSR count). The van der Waals surface area contributed by atoms with Crippen LogP contribution in [0.5, 0.6) is 0 Å². The van der Waals surface area contributed by atoms with E-state index < -0.39 is 0 Å². The lowest BCUT2D eigenvalue weighted by atomic mass is 10.0. The predicted octanol–water partition coefficient (Wildman–Crippen LogP) is 3.50. The van der Waals surface area contributed by atoms with E-state index in [-0.39, 0.29) is 5.95 Å². The van der Waals surface area contributed by atoms with Crippen LogP contribution >= 0.6 is 0 Å². The van der Waals surface area contributed by atoms with E-state index in [1.807, 2.05) is 0 Å². The lowest BCUT2D eigenvalue weighted by Crippen LogP contribution is -2.06. The van der Waals surface area contributed by atoms with Gasteiger partial charge in [-0.05, 0) is 30.9 Å². The fraction of sp³-hybridized carbons (Fsp3) is 0.385. The van der Waals surface area contributed by atoms with Crippen LogP contribution in [-0.2, 0) is 4.74 Å². The minimum atomic E-state index is -0.202. The quantitative estimate of drug-likeness (QED) is 0.697. The van der Waals surface area contributed by atoms with Crippen molar-refractivity contribution in [2.24, 2.45) is 5.92 Å². The van der Waals surface area contributed by atoms with Gasteiger partial charge in [0, 0.05) is 0 Å². The van der Waals surface area contributed by atoms with E-state index in [0.29, 0.717) is 12.5 Å². The predicted molar refractivity (Wildman–Crippen MR) is 62.5 cm³/mol. The molecule has 1 atom stereocenters. The smallest absolute Gasteiger partial charge is 0.269 e. The Bertz CT molecular complexity index is 298. The van der Waals surface area contributed by atoms with Gasteiger partial charge in [-0.15, -0.1) is 0 Å². The molecular weight excluding hydrogens is 188 g/mol. The summed E-state index contributed by atoms with van der Waals surface area (Å²) in [6.07, 6.45) is 12.6. The summed E-state index contributed by atoms with van der Waals surface area (Å²) in [5.41, 5.74) is 1.29. The average Bonchev–Trinajstić information content (AvgIpc) is 2.43. The van der Waals surface area contributed by atoms with Crippen LogP contribution in [0.15, 0.2) is 48.5 Å². The molecule has 2 heteroatoms. The highest BCUT2D eigenvalue weighted by Crippen LogP contribution is 2.16. The molecule has 1 unspecified atom stereocenters. The van der Waals surface area contributed by atoms with Crippen LogP contribution in [-0.4, -0.2) is 11.7 Å². The van der Waals surface area contributed by atoms with Crippen molar-refractivity contribution in [3.05, 3.63) is 48.5 Å². The van der Waals surface area contributed by atoms with Crippen molar-refractivity contribution in [2.45, 2.75) is 19.8 Å². The van der Waals surface area contributed by atoms with Crippen molar-refractivity contribution < 1.29 is 9.84 Å². The molecule has 0 saturated carbocycles. The first-order chi connectivity index (χ1) is 7.18. The molecule has 82 valence electrons. The Hall–Kier alpha value is -1.44. The van der Waals surface area contributed by atoms with Crippen molar-refractivity contribution in [3.63, 3.8) is 0 Å². The second-order valence-electron chi connectivity index (χ2n) is 3.82. The van der Waals surface area contributed by atoms with E-state index in [9.17, 15) is 0 Å². The third kappa shape index (κ3) is 5.11. The zero-order valence-electron chi connectivity index (χ0n) is 9.15. The highest BCUT2D eigenvalue weighted by molar-refractivity contribution is 5.27. The molecule has 0 saturated heterocycles. The fourth-order valence-corrected chi connectivity index (χ4v) is 1.46. The van der Waals surface area contributed by atoms with Crippen LogP contribution in [0.1, 0.15) is 19.8 Å². The summed E-state index contributed by atoms with van der Waals surface area (Å²) in [5.74, 6) is 0.170. The third-order valence-electron chi connectivity index (χ3n) is 2.17. The number of aliphatic hydroxyl groups is 1. The molecule has 0 amide bonds. The number of hydrogen-bond acceptors (Lipinski definition) is 2. The maximum absolute atomic E-state index is 8.80. The van der Waals surface area contributed by atoms with Gasteiger partial charge in [-0.1, -0.05) is 37.3 Å². The van der Waals surface area contributed by atoms with Gasteiger partial charge in [0.15, 0.2) is 0 Å². The minimum absolute atomic E-state index is 0.202. The molecule has 1 aliphatic carbocycles. The van der Waals surface area contributed by atoms with Crippen LogP contribution in [0.4, 0.5) is 0 Å². The molecule has 0 spiro atoms. The second kappa shape index (κ2) is 6.12. The van der Waals surface area contributed by atoms with Crippen LogP contribution in [0.25, 0.3) is 0 Å². The third-order valence-corrected chi connectivity index (χ3v) is 2.17. The molecule has 2 nitrogen and oxygen atoms in total. The highest BCUT2D eigenvalue weighted by atomic mass is 16.6. The largest absolute Gasteiger partial charge is 0.481 e. The normalized spacial score (nSPS) is 16.7. The molecule has 0 heterocycles. The van der Waals surface area contributed by atoms with Crippen molar-refractivity contribution in [3.8, 4) is 0 Å². The number of hydrogen-bond donors (Lipinski definition) is 1. The Morgan fingerprint density at radius 1 is 1.60 bits per heavy atom. The van der Waals surface area contributed by atoms with E-state index in [1.54, 1.807) is 0 Å². The number of allylic oxidation sites excluding steroid dienone is 6. The van der Waals surface area contributed by atoms with Crippen LogP contribution < -0.4 is 0 Å². The van der Waals surface area contributed by atoms with E-state index in [4.69, 9.17) is 9.84 Å². The molecule has 0 aromatic heterocycles. The Kier molecular flexibility index (Phi) is 4.75. The van der Waals surface area contributed by atoms with Crippen molar-refractivity contribution in [1.29, 1.82) is 0 Å². The van der Waals surface area contributed by atoms with Crippen molar-refractivity contribution in [2.75, 3.05) is 6.61 Å². The summed E-state index contributed by atoms with van der Waals surface area (Å²) in [7, 11) is 0. The van der Waals surface area contributed by atoms with Gasteiger partial charge in [0.05, 0.1) is 6.61 Å². The Balaban J connectivity index is 2.36. The zero-order chi connectivity index (χ0) is 11.1. The van der Waals surface area contributed by atoms with Crippen LogP contribution in [0, 0.1) is 5.92 Å². The molecule has 0 bridgehead atoms. The fourth-order valence-electron chi connectivity index (χ4n) is 1.46. The van der Waals surface area contributed by atoms with Gasteiger partial charge in [-0.3, -0.25) is 0 Å². The number of rotatable bonds is 5. The topological polar surface area (TPSA) is 29.5 Å². The first-order valence-corrected chi connectivity index (χ1v) is 5.21. The van der Waals surface area contributed by atoms with E-state index in [2.05, 4.69) is 43.9 Å². The molecule has 0 aromatic rings. The molecule has 0 fully saturated rings. The summed E-state index contributed by atoms with van der Waals surface area (Å²) in [4.78, 5) is 0. The Morgan fingerprint density at radius 3 is 3.13 bits per heavy atom. The van der Waals surface area contributed by atoms with Gasteiger partial charge < -0.3 is 9.84 Å². The first-order valence-electron chi connectivity index (χ1n) is 5.21. The second-order valence-corrected chi connectivity index (χ2v) is 3.82. The van der Waals surface area contributed by atoms with Gasteiger partial charge in [-0.2, -0.15) is 0 Å². The Labute approximate surface area is 91.3 Å². The SMILES string of the molecule is C=C(O)OCC(C)CC1=CC=CCC=C1. The Morgan fingerprint density at radius 2 is 2.40 bits per heavy atom. The molecule has 0 aromatic carbocycles. The zero-order valence-corrected chi connectivity index (χ0v) is 9.15. The standard InChI is InChI=1S/C13H18O2/c1-11(10-15-12(2)14)9-13-7-5-3-4-6-8-13/h3,5-8,11,14H,2,4,9-10H2,1H3. The summed E-state index contributed by atoms with van der Waals surface area (Å²) in [6, 6.07) is 0. The van der Waals surface area contributed by atoms with E-state index in [1.165, 1.54) is 5.57 Å². The van der Waals surface area contributed by atoms with Crippen LogP contribution in [0.3, 0.4) is 0 Å². The highest BCUT2D eigenvalue weighted by Gasteiger charge is 2.05. The molecular formula is C13H18O2. The van der Waals surface area contributed by atoms with Gasteiger partial charge >= 0.3 is 0 Å². The van der Waals surface area contributed by atoms with Crippen molar-refractivity contribution in [1.82, 2.24) is 0 Å². The van der Waals surface area contributed by atoms with Gasteiger partial charge in [0.1, 0.15) is 0 Å². The molecule has 0 radical (unpaired) electrons. The summed E-state index contributed by atoms with van der Waals surface area (Å²) in [5, 5.41) is 8.80. The van der Waals surface area contributed by atoms with E-state index in [0.717, 1.165) is 12.8 Å². The maximum Gasteiger partial charge on any atom is 0.269 e. The summed E-state index contributed by atoms with van der Waals surface area (Å²) < 4.78 is 4.97. The summed E-state index contributed by atoms with van der Waals surface area (Å²) in [6.45, 7) is 5.88. The number of aliphatic hydroxyl groups excluding tert-OH is 1. The summed E-state index contributed by atoms with van der Waals surface area (Å²) >= 11 is 0. The molecule has 15 heavy (non-hydrogen) atoms. The van der Waals surface area contributed by atoms with Crippen molar-refractivity contribution >= 4 is 0 Å². The van der Waals surface area contributed by atoms with E-state index >= 15 is 0 Å². The maximum atomic E-state index is 8.80. The molecule has 1 N–H and O–H groups in total. The monoisotopic (exact) mass is 206 g/mol. The molecule has 0 aliphatic heterocycles. The van der Waals surface area contributed by atoms with Gasteiger partial charge in [-0.25, -0.2) is 0 Å². The first kappa shape index (κ1) is 11.6. The minimum Gasteiger partial charge on any atom is -0.481 e. The average molecular weight is 206 g/mol. The van der Waals surface area contributed by atoms with Gasteiger partial charge in [0.2, 0.25) is 0 Å².